The third kappa shape index (κ3) is 4.26. The molecule has 0 spiro atoms. The van der Waals surface area contributed by atoms with E-state index in [0.717, 1.165) is 17.6 Å². The molecular weight excluding hydrogens is 258 g/mol. The van der Waals surface area contributed by atoms with E-state index in [2.05, 4.69) is 41.6 Å². The molecule has 1 unspecified atom stereocenters. The van der Waals surface area contributed by atoms with Gasteiger partial charge in [-0.3, -0.25) is 16.3 Å². The fraction of sp³-hybridized carbons (Fsp3) is 0.500. The van der Waals surface area contributed by atoms with Crippen molar-refractivity contribution in [2.45, 2.75) is 58.4 Å². The first-order valence-electron chi connectivity index (χ1n) is 8.08. The summed E-state index contributed by atoms with van der Waals surface area (Å²) in [5.41, 5.74) is 6.38. The molecule has 114 valence electrons. The summed E-state index contributed by atoms with van der Waals surface area (Å²) in [7, 11) is 0. The highest BCUT2D eigenvalue weighted by Crippen LogP contribution is 2.27. The minimum absolute atomic E-state index is 0.207. The fourth-order valence-electron chi connectivity index (χ4n) is 2.91. The van der Waals surface area contributed by atoms with Crippen LogP contribution in [0.2, 0.25) is 0 Å². The number of aromatic nitrogens is 1. The lowest BCUT2D eigenvalue weighted by Crippen LogP contribution is -2.28. The minimum Gasteiger partial charge on any atom is -0.271 e. The summed E-state index contributed by atoms with van der Waals surface area (Å²) in [4.78, 5) is 4.61. The second-order valence-corrected chi connectivity index (χ2v) is 5.79. The van der Waals surface area contributed by atoms with E-state index < -0.39 is 0 Å². The Morgan fingerprint density at radius 1 is 1.14 bits per heavy atom. The van der Waals surface area contributed by atoms with E-state index in [1.807, 2.05) is 13.0 Å². The Balaban J connectivity index is 2.14. The van der Waals surface area contributed by atoms with E-state index in [-0.39, 0.29) is 6.04 Å². The van der Waals surface area contributed by atoms with E-state index in [9.17, 15) is 0 Å². The van der Waals surface area contributed by atoms with Crippen molar-refractivity contribution >= 4 is 10.9 Å². The Labute approximate surface area is 127 Å². The summed E-state index contributed by atoms with van der Waals surface area (Å²) in [6.07, 6.45) is 7.51. The van der Waals surface area contributed by atoms with Crippen LogP contribution in [0.3, 0.4) is 0 Å². The van der Waals surface area contributed by atoms with Crippen LogP contribution < -0.4 is 11.3 Å². The zero-order valence-corrected chi connectivity index (χ0v) is 13.2. The van der Waals surface area contributed by atoms with Crippen LogP contribution in [0.5, 0.6) is 0 Å². The van der Waals surface area contributed by atoms with Gasteiger partial charge in [0, 0.05) is 17.1 Å². The Kier molecular flexibility index (Phi) is 6.15. The van der Waals surface area contributed by atoms with Gasteiger partial charge < -0.3 is 0 Å². The molecule has 0 radical (unpaired) electrons. The second kappa shape index (κ2) is 8.11. The van der Waals surface area contributed by atoms with Crippen LogP contribution in [-0.2, 0) is 0 Å². The minimum atomic E-state index is 0.207. The molecule has 3 heteroatoms. The van der Waals surface area contributed by atoms with E-state index in [0.29, 0.717) is 0 Å². The van der Waals surface area contributed by atoms with Gasteiger partial charge in [0.15, 0.2) is 0 Å². The maximum atomic E-state index is 5.82. The van der Waals surface area contributed by atoms with Crippen LogP contribution in [0, 0.1) is 6.92 Å². The van der Waals surface area contributed by atoms with Crippen molar-refractivity contribution in [3.05, 3.63) is 41.6 Å². The first kappa shape index (κ1) is 15.9. The topological polar surface area (TPSA) is 50.9 Å². The summed E-state index contributed by atoms with van der Waals surface area (Å²) < 4.78 is 0. The molecule has 2 aromatic rings. The first-order valence-corrected chi connectivity index (χ1v) is 8.08. The molecule has 1 heterocycles. The molecule has 2 rings (SSSR count). The first-order chi connectivity index (χ1) is 10.3. The van der Waals surface area contributed by atoms with Gasteiger partial charge in [-0.1, -0.05) is 57.2 Å². The van der Waals surface area contributed by atoms with E-state index in [1.165, 1.54) is 43.1 Å². The van der Waals surface area contributed by atoms with Gasteiger partial charge in [-0.05, 0) is 31.0 Å². The molecule has 1 aromatic carbocycles. The van der Waals surface area contributed by atoms with Crippen LogP contribution in [0.1, 0.15) is 62.7 Å². The summed E-state index contributed by atoms with van der Waals surface area (Å²) in [6.45, 7) is 4.29. The largest absolute Gasteiger partial charge is 0.271 e. The molecule has 0 saturated heterocycles. The van der Waals surface area contributed by atoms with Crippen LogP contribution in [0.25, 0.3) is 10.9 Å². The number of benzene rings is 1. The third-order valence-electron chi connectivity index (χ3n) is 4.05. The number of hydrazine groups is 1. The molecule has 21 heavy (non-hydrogen) atoms. The van der Waals surface area contributed by atoms with Crippen molar-refractivity contribution in [2.75, 3.05) is 0 Å². The summed E-state index contributed by atoms with van der Waals surface area (Å²) in [6, 6.07) is 10.7. The highest BCUT2D eigenvalue weighted by Gasteiger charge is 2.13. The smallest absolute Gasteiger partial charge is 0.0708 e. The van der Waals surface area contributed by atoms with Crippen LogP contribution in [-0.4, -0.2) is 4.98 Å². The molecule has 0 fully saturated rings. The number of unbranched alkanes of at least 4 members (excludes halogenated alkanes) is 4. The van der Waals surface area contributed by atoms with Crippen molar-refractivity contribution in [3.8, 4) is 0 Å². The van der Waals surface area contributed by atoms with Crippen molar-refractivity contribution in [1.29, 1.82) is 0 Å². The Morgan fingerprint density at radius 2 is 1.90 bits per heavy atom. The highest BCUT2D eigenvalue weighted by atomic mass is 15.2. The third-order valence-corrected chi connectivity index (χ3v) is 4.05. The fourth-order valence-corrected chi connectivity index (χ4v) is 2.91. The van der Waals surface area contributed by atoms with Gasteiger partial charge in [-0.2, -0.15) is 0 Å². The second-order valence-electron chi connectivity index (χ2n) is 5.79. The maximum Gasteiger partial charge on any atom is 0.0708 e. The normalized spacial score (nSPS) is 12.7. The van der Waals surface area contributed by atoms with Crippen LogP contribution >= 0.6 is 0 Å². The number of nitrogens with one attached hydrogen (secondary N) is 1. The molecule has 0 aliphatic rings. The number of nitrogens with two attached hydrogens (primary N) is 1. The summed E-state index contributed by atoms with van der Waals surface area (Å²) in [5.74, 6) is 5.82. The Morgan fingerprint density at radius 3 is 2.67 bits per heavy atom. The van der Waals surface area contributed by atoms with Gasteiger partial charge in [-0.25, -0.2) is 0 Å². The van der Waals surface area contributed by atoms with E-state index >= 15 is 0 Å². The lowest BCUT2D eigenvalue weighted by atomic mass is 9.96. The van der Waals surface area contributed by atoms with Gasteiger partial charge in [0.1, 0.15) is 0 Å². The number of hydrogen-bond acceptors (Lipinski definition) is 3. The quantitative estimate of drug-likeness (QED) is 0.429. The van der Waals surface area contributed by atoms with Crippen molar-refractivity contribution < 1.29 is 0 Å². The zero-order chi connectivity index (χ0) is 15.1. The number of para-hydroxylation sites is 1. The summed E-state index contributed by atoms with van der Waals surface area (Å²) >= 11 is 0. The number of fused-ring (bicyclic) bond motifs is 1. The Bertz CT molecular complexity index is 565. The van der Waals surface area contributed by atoms with Crippen LogP contribution in [0.15, 0.2) is 30.3 Å². The van der Waals surface area contributed by atoms with Crippen molar-refractivity contribution in [3.63, 3.8) is 0 Å². The molecule has 0 amide bonds. The predicted octanol–water partition coefficient (Wildman–Crippen LogP) is 4.41. The lowest BCUT2D eigenvalue weighted by Gasteiger charge is -2.19. The van der Waals surface area contributed by atoms with E-state index in [1.54, 1.807) is 0 Å². The highest BCUT2D eigenvalue weighted by molar-refractivity contribution is 5.82. The molecule has 0 aliphatic heterocycles. The van der Waals surface area contributed by atoms with Crippen molar-refractivity contribution in [1.82, 2.24) is 10.4 Å². The van der Waals surface area contributed by atoms with Gasteiger partial charge in [0.05, 0.1) is 5.52 Å². The zero-order valence-electron chi connectivity index (χ0n) is 13.2. The number of aryl methyl sites for hydroxylation is 1. The number of nitrogens with zero attached hydrogens (tertiary/aromatic N) is 1. The molecule has 3 N–H and O–H groups in total. The molecule has 3 nitrogen and oxygen atoms in total. The number of rotatable bonds is 8. The molecule has 0 saturated carbocycles. The SMILES string of the molecule is CCCCCCCC(NN)c1cc(C)nc2ccccc12. The Hall–Kier alpha value is -1.45. The molecule has 0 bridgehead atoms. The average molecular weight is 285 g/mol. The van der Waals surface area contributed by atoms with Crippen LogP contribution in [0.4, 0.5) is 0 Å². The number of pyridine rings is 1. The monoisotopic (exact) mass is 285 g/mol. The van der Waals surface area contributed by atoms with Gasteiger partial charge >= 0.3 is 0 Å². The number of hydrogen-bond donors (Lipinski definition) is 2. The van der Waals surface area contributed by atoms with Gasteiger partial charge in [0.25, 0.3) is 0 Å². The molecular formula is C18H27N3. The average Bonchev–Trinajstić information content (AvgIpc) is 2.50. The lowest BCUT2D eigenvalue weighted by molar-refractivity contribution is 0.481. The van der Waals surface area contributed by atoms with E-state index in [4.69, 9.17) is 5.84 Å². The van der Waals surface area contributed by atoms with Gasteiger partial charge in [-0.15, -0.1) is 0 Å². The molecule has 1 atom stereocenters. The van der Waals surface area contributed by atoms with Crippen molar-refractivity contribution in [2.24, 2.45) is 5.84 Å². The molecule has 0 aliphatic carbocycles. The summed E-state index contributed by atoms with van der Waals surface area (Å²) in [5, 5.41) is 1.21. The predicted molar refractivity (Wildman–Crippen MR) is 89.9 cm³/mol. The standard InChI is InChI=1S/C18H27N3/c1-3-4-5-6-7-12-18(21-19)16-13-14(2)20-17-11-9-8-10-15(16)17/h8-11,13,18,21H,3-7,12,19H2,1-2H3. The maximum absolute atomic E-state index is 5.82. The van der Waals surface area contributed by atoms with Gasteiger partial charge in [0.2, 0.25) is 0 Å². The molecule has 1 aromatic heterocycles.